The van der Waals surface area contributed by atoms with E-state index in [1.807, 2.05) is 0 Å². The zero-order valence-electron chi connectivity index (χ0n) is 14.0. The molecule has 7 nitrogen and oxygen atoms in total. The Morgan fingerprint density at radius 1 is 1.04 bits per heavy atom. The molecule has 5 rings (SSSR count). The second-order valence-electron chi connectivity index (χ2n) is 5.92. The van der Waals surface area contributed by atoms with Crippen LogP contribution in [0.5, 0.6) is 28.7 Å². The molecule has 0 unspecified atom stereocenters. The summed E-state index contributed by atoms with van der Waals surface area (Å²) in [5.41, 5.74) is 1.76. The van der Waals surface area contributed by atoms with Crippen LogP contribution in [0.25, 0.3) is 21.9 Å². The van der Waals surface area contributed by atoms with Crippen LogP contribution in [-0.2, 0) is 0 Å². The summed E-state index contributed by atoms with van der Waals surface area (Å²) < 4.78 is 22.3. The number of rotatable bonds is 2. The summed E-state index contributed by atoms with van der Waals surface area (Å²) in [6, 6.07) is 4.75. The Morgan fingerprint density at radius 3 is 2.58 bits per heavy atom. The van der Waals surface area contributed by atoms with Crippen molar-refractivity contribution >= 4 is 16.6 Å². The maximum Gasteiger partial charge on any atom is 0.231 e. The number of phenolic OH excluding ortho intramolecular Hbond substituents is 1. The van der Waals surface area contributed by atoms with Crippen LogP contribution < -0.4 is 18.9 Å². The first-order valence-corrected chi connectivity index (χ1v) is 7.90. The normalized spacial score (nSPS) is 13.7. The summed E-state index contributed by atoms with van der Waals surface area (Å²) in [6.07, 6.45) is 1.56. The van der Waals surface area contributed by atoms with Gasteiger partial charge in [-0.3, -0.25) is 9.78 Å². The second kappa shape index (κ2) is 5.01. The molecule has 0 amide bonds. The molecule has 2 aliphatic rings. The topological polar surface area (TPSA) is 87.1 Å². The molecular formula is C19H13NO6. The van der Waals surface area contributed by atoms with Crippen molar-refractivity contribution in [2.45, 2.75) is 0 Å². The Kier molecular flexibility index (Phi) is 2.86. The molecule has 0 atom stereocenters. The van der Waals surface area contributed by atoms with Gasteiger partial charge >= 0.3 is 0 Å². The lowest BCUT2D eigenvalue weighted by Crippen LogP contribution is -2.13. The maximum atomic E-state index is 13.1. The van der Waals surface area contributed by atoms with Crippen LogP contribution in [0.3, 0.4) is 0 Å². The fourth-order valence-electron chi connectivity index (χ4n) is 3.73. The summed E-state index contributed by atoms with van der Waals surface area (Å²) in [4.78, 5) is 17.4. The van der Waals surface area contributed by atoms with Gasteiger partial charge in [0.1, 0.15) is 5.69 Å². The number of carbonyl (C=O) groups excluding carboxylic acids is 1. The molecule has 0 spiro atoms. The van der Waals surface area contributed by atoms with E-state index in [1.54, 1.807) is 18.3 Å². The maximum absolute atomic E-state index is 13.1. The quantitative estimate of drug-likeness (QED) is 0.594. The minimum Gasteiger partial charge on any atom is -0.504 e. The number of aromatic nitrogens is 1. The van der Waals surface area contributed by atoms with E-state index in [0.29, 0.717) is 50.4 Å². The average Bonchev–Trinajstić information content (AvgIpc) is 3.13. The zero-order chi connectivity index (χ0) is 18.0. The van der Waals surface area contributed by atoms with E-state index in [9.17, 15) is 9.90 Å². The summed E-state index contributed by atoms with van der Waals surface area (Å²) >= 11 is 0. The molecule has 1 aliphatic carbocycles. The summed E-state index contributed by atoms with van der Waals surface area (Å²) in [5, 5.41) is 11.5. The Labute approximate surface area is 147 Å². The highest BCUT2D eigenvalue weighted by atomic mass is 16.7. The van der Waals surface area contributed by atoms with Gasteiger partial charge in [-0.15, -0.1) is 0 Å². The SMILES string of the molecule is COc1c(O)ccc2c1-c1c3c(c(OC)c4ccnc(c14)C2=O)OCO3. The predicted molar refractivity (Wildman–Crippen MR) is 91.5 cm³/mol. The van der Waals surface area contributed by atoms with Crippen LogP contribution in [-0.4, -0.2) is 36.9 Å². The smallest absolute Gasteiger partial charge is 0.231 e. The van der Waals surface area contributed by atoms with Crippen LogP contribution >= 0.6 is 0 Å². The molecule has 1 aliphatic heterocycles. The minimum atomic E-state index is -0.252. The van der Waals surface area contributed by atoms with Crippen molar-refractivity contribution in [1.82, 2.24) is 4.98 Å². The molecule has 0 bridgehead atoms. The number of nitrogens with zero attached hydrogens (tertiary/aromatic N) is 1. The largest absolute Gasteiger partial charge is 0.504 e. The number of methoxy groups -OCH3 is 2. The van der Waals surface area contributed by atoms with Gasteiger partial charge < -0.3 is 24.1 Å². The van der Waals surface area contributed by atoms with Gasteiger partial charge in [-0.2, -0.15) is 0 Å². The molecule has 1 aromatic heterocycles. The van der Waals surface area contributed by atoms with Crippen molar-refractivity contribution in [3.63, 3.8) is 0 Å². The highest BCUT2D eigenvalue weighted by Crippen LogP contribution is 2.58. The molecule has 0 saturated heterocycles. The van der Waals surface area contributed by atoms with Gasteiger partial charge in [0.15, 0.2) is 23.0 Å². The fraction of sp³-hybridized carbons (Fsp3) is 0.158. The molecule has 7 heteroatoms. The molecule has 0 radical (unpaired) electrons. The van der Waals surface area contributed by atoms with E-state index in [-0.39, 0.29) is 24.1 Å². The number of carbonyl (C=O) groups is 1. The van der Waals surface area contributed by atoms with Gasteiger partial charge in [0.05, 0.1) is 14.2 Å². The first kappa shape index (κ1) is 14.8. The number of benzene rings is 2. The summed E-state index contributed by atoms with van der Waals surface area (Å²) in [5.74, 6) is 1.27. The Bertz CT molecular complexity index is 1120. The van der Waals surface area contributed by atoms with E-state index in [0.717, 1.165) is 0 Å². The minimum absolute atomic E-state index is 0.0299. The van der Waals surface area contributed by atoms with Crippen molar-refractivity contribution in [2.24, 2.45) is 0 Å². The number of phenols is 1. The number of ether oxygens (including phenoxy) is 4. The van der Waals surface area contributed by atoms with E-state index < -0.39 is 0 Å². The van der Waals surface area contributed by atoms with Gasteiger partial charge in [-0.25, -0.2) is 0 Å². The Morgan fingerprint density at radius 2 is 1.81 bits per heavy atom. The summed E-state index contributed by atoms with van der Waals surface area (Å²) in [7, 11) is 2.97. The number of pyridine rings is 1. The van der Waals surface area contributed by atoms with Crippen molar-refractivity contribution in [3.8, 4) is 39.9 Å². The van der Waals surface area contributed by atoms with Gasteiger partial charge in [0.2, 0.25) is 18.3 Å². The second-order valence-corrected chi connectivity index (χ2v) is 5.92. The first-order chi connectivity index (χ1) is 12.7. The van der Waals surface area contributed by atoms with Crippen LogP contribution in [0.1, 0.15) is 16.1 Å². The number of hydrogen-bond acceptors (Lipinski definition) is 7. The fourth-order valence-corrected chi connectivity index (χ4v) is 3.73. The molecule has 0 fully saturated rings. The molecule has 0 saturated carbocycles. The monoisotopic (exact) mass is 351 g/mol. The third-order valence-corrected chi connectivity index (χ3v) is 4.75. The predicted octanol–water partition coefficient (Wildman–Crippen LogP) is 2.90. The highest BCUT2D eigenvalue weighted by molar-refractivity contribution is 6.27. The van der Waals surface area contributed by atoms with E-state index in [2.05, 4.69) is 4.98 Å². The molecular weight excluding hydrogens is 338 g/mol. The standard InChI is InChI=1S/C19H13NO6/c1-23-16-9-5-6-20-14-11(9)13(18-19(16)26-7-25-18)12-8(15(14)22)3-4-10(21)17(12)24-2/h3-6,21H,7H2,1-2H3. The van der Waals surface area contributed by atoms with Crippen LogP contribution in [0.2, 0.25) is 0 Å². The molecule has 1 N–H and O–H groups in total. The van der Waals surface area contributed by atoms with Crippen LogP contribution in [0, 0.1) is 0 Å². The molecule has 130 valence electrons. The first-order valence-electron chi connectivity index (χ1n) is 7.90. The van der Waals surface area contributed by atoms with Crippen molar-refractivity contribution in [3.05, 3.63) is 35.7 Å². The Hall–Kier alpha value is -3.48. The van der Waals surface area contributed by atoms with E-state index in [4.69, 9.17) is 18.9 Å². The lowest BCUT2D eigenvalue weighted by Gasteiger charge is -2.23. The zero-order valence-corrected chi connectivity index (χ0v) is 14.0. The van der Waals surface area contributed by atoms with E-state index >= 15 is 0 Å². The molecule has 2 heterocycles. The van der Waals surface area contributed by atoms with Crippen molar-refractivity contribution in [1.29, 1.82) is 0 Å². The van der Waals surface area contributed by atoms with E-state index in [1.165, 1.54) is 20.3 Å². The van der Waals surface area contributed by atoms with Crippen LogP contribution in [0.4, 0.5) is 0 Å². The van der Waals surface area contributed by atoms with Gasteiger partial charge in [0.25, 0.3) is 0 Å². The number of aromatic hydroxyl groups is 1. The lowest BCUT2D eigenvalue weighted by atomic mass is 9.83. The summed E-state index contributed by atoms with van der Waals surface area (Å²) in [6.45, 7) is 0.0299. The van der Waals surface area contributed by atoms with Gasteiger partial charge in [-0.1, -0.05) is 0 Å². The van der Waals surface area contributed by atoms with Gasteiger partial charge in [0, 0.05) is 33.7 Å². The van der Waals surface area contributed by atoms with Crippen molar-refractivity contribution in [2.75, 3.05) is 21.0 Å². The molecule has 26 heavy (non-hydrogen) atoms. The van der Waals surface area contributed by atoms with Crippen LogP contribution in [0.15, 0.2) is 24.4 Å². The number of fused-ring (bicyclic) bond motifs is 4. The molecule has 2 aromatic carbocycles. The third-order valence-electron chi connectivity index (χ3n) is 4.75. The van der Waals surface area contributed by atoms with Gasteiger partial charge in [-0.05, 0) is 18.2 Å². The number of ketones is 1. The molecule has 3 aromatic rings. The average molecular weight is 351 g/mol. The highest BCUT2D eigenvalue weighted by Gasteiger charge is 2.38. The third kappa shape index (κ3) is 1.62. The number of hydrogen-bond donors (Lipinski definition) is 1. The lowest BCUT2D eigenvalue weighted by molar-refractivity contribution is 0.103. The Balaban J connectivity index is 2.07. The van der Waals surface area contributed by atoms with Crippen molar-refractivity contribution < 1.29 is 28.8 Å².